The smallest absolute Gasteiger partial charge is 0.402 e. The number of hydrogen-bond acceptors (Lipinski definition) is 9. The van der Waals surface area contributed by atoms with E-state index in [9.17, 15) is 22.8 Å². The molecule has 0 aliphatic carbocycles. The number of anilines is 2. The van der Waals surface area contributed by atoms with Gasteiger partial charge in [0, 0.05) is 44.4 Å². The number of hydrazine groups is 1. The number of nitriles is 1. The fraction of sp³-hybridized carbons (Fsp3) is 0.321. The molecule has 4 heterocycles. The Bertz CT molecular complexity index is 1480. The van der Waals surface area contributed by atoms with Crippen molar-refractivity contribution in [2.45, 2.75) is 31.2 Å². The number of amides is 2. The van der Waals surface area contributed by atoms with Gasteiger partial charge in [0.1, 0.15) is 24.2 Å². The Kier molecular flexibility index (Phi) is 8.51. The zero-order valence-corrected chi connectivity index (χ0v) is 22.2. The van der Waals surface area contributed by atoms with E-state index >= 15 is 0 Å². The number of carbonyl (C=O) groups is 2. The van der Waals surface area contributed by atoms with Crippen molar-refractivity contribution < 1.29 is 27.5 Å². The van der Waals surface area contributed by atoms with E-state index < -0.39 is 30.1 Å². The molecule has 0 spiro atoms. The third-order valence-electron chi connectivity index (χ3n) is 7.09. The normalized spacial score (nSPS) is 20.2. The van der Waals surface area contributed by atoms with Crippen LogP contribution in [-0.4, -0.2) is 58.6 Å². The van der Waals surface area contributed by atoms with Crippen LogP contribution in [0.2, 0.25) is 0 Å². The minimum absolute atomic E-state index is 0.000298. The monoisotopic (exact) mass is 580 g/mol. The molecule has 1 aromatic carbocycles. The van der Waals surface area contributed by atoms with Crippen molar-refractivity contribution in [2.75, 3.05) is 30.3 Å². The first-order chi connectivity index (χ1) is 20.2. The van der Waals surface area contributed by atoms with E-state index in [2.05, 4.69) is 31.5 Å². The molecule has 3 unspecified atom stereocenters. The summed E-state index contributed by atoms with van der Waals surface area (Å²) in [5.74, 6) is -2.74. The summed E-state index contributed by atoms with van der Waals surface area (Å²) < 4.78 is 47.8. The van der Waals surface area contributed by atoms with Crippen molar-refractivity contribution in [1.29, 1.82) is 5.26 Å². The highest BCUT2D eigenvalue weighted by atomic mass is 19.4. The average Bonchev–Trinajstić information content (AvgIpc) is 3.34. The van der Waals surface area contributed by atoms with Crippen LogP contribution in [0.1, 0.15) is 29.2 Å². The molecule has 1 fully saturated rings. The van der Waals surface area contributed by atoms with E-state index in [-0.39, 0.29) is 32.0 Å². The molecule has 218 valence electrons. The van der Waals surface area contributed by atoms with Gasteiger partial charge in [-0.05, 0) is 23.3 Å². The minimum Gasteiger partial charge on any atom is -0.490 e. The molecule has 0 bridgehead atoms. The van der Waals surface area contributed by atoms with Crippen molar-refractivity contribution in [3.05, 3.63) is 77.7 Å². The number of pyridine rings is 2. The maximum absolute atomic E-state index is 13.9. The fourth-order valence-electron chi connectivity index (χ4n) is 5.14. The predicted molar refractivity (Wildman–Crippen MR) is 145 cm³/mol. The lowest BCUT2D eigenvalue weighted by atomic mass is 9.94. The number of fused-ring (bicyclic) bond motifs is 1. The highest BCUT2D eigenvalue weighted by molar-refractivity contribution is 5.91. The zero-order chi connectivity index (χ0) is 29.7. The number of ether oxygens (including phenoxy) is 1. The van der Waals surface area contributed by atoms with Gasteiger partial charge in [0.15, 0.2) is 5.92 Å². The molecule has 2 aliphatic heterocycles. The van der Waals surface area contributed by atoms with Gasteiger partial charge in [-0.2, -0.15) is 18.4 Å². The summed E-state index contributed by atoms with van der Waals surface area (Å²) in [5, 5.41) is 14.6. The van der Waals surface area contributed by atoms with Gasteiger partial charge in [0.05, 0.1) is 29.7 Å². The largest absolute Gasteiger partial charge is 0.490 e. The van der Waals surface area contributed by atoms with Gasteiger partial charge in [0.2, 0.25) is 11.8 Å². The number of halogens is 3. The van der Waals surface area contributed by atoms with Crippen LogP contribution in [0.15, 0.2) is 61.1 Å². The second-order valence-corrected chi connectivity index (χ2v) is 9.83. The molecule has 2 aliphatic rings. The van der Waals surface area contributed by atoms with Crippen LogP contribution in [0.4, 0.5) is 24.7 Å². The third-order valence-corrected chi connectivity index (χ3v) is 7.09. The van der Waals surface area contributed by atoms with Gasteiger partial charge in [-0.25, -0.2) is 10.4 Å². The molecular weight excluding hydrogens is 553 g/mol. The standard InChI is InChI=1S/C28H27F3N8O3/c29-28(30,31)26-22(14-36-38-27(26)41)39-15-18-3-1-2-4-21(18)23(39)16-42-20-9-19(12-33-13-20)37-25(40)7-8-34-24-6-5-17(10-32)11-35-24/h1-6,9,11-13,22-23,26,36H,7-8,14-16H2,(H,34,35)(H,37,40)(H,38,41). The minimum atomic E-state index is -4.72. The van der Waals surface area contributed by atoms with E-state index in [4.69, 9.17) is 10.00 Å². The first kappa shape index (κ1) is 28.8. The molecule has 3 aromatic rings. The molecule has 2 aromatic heterocycles. The predicted octanol–water partition coefficient (Wildman–Crippen LogP) is 2.91. The second-order valence-electron chi connectivity index (χ2n) is 9.83. The van der Waals surface area contributed by atoms with Crippen molar-refractivity contribution in [3.63, 3.8) is 0 Å². The van der Waals surface area contributed by atoms with Crippen molar-refractivity contribution in [3.8, 4) is 11.8 Å². The molecule has 11 nitrogen and oxygen atoms in total. The molecule has 2 amide bonds. The lowest BCUT2D eigenvalue weighted by Crippen LogP contribution is -2.64. The van der Waals surface area contributed by atoms with Crippen LogP contribution < -0.4 is 26.2 Å². The van der Waals surface area contributed by atoms with Gasteiger partial charge in [-0.1, -0.05) is 24.3 Å². The summed E-state index contributed by atoms with van der Waals surface area (Å²) in [6.07, 6.45) is -0.253. The summed E-state index contributed by atoms with van der Waals surface area (Å²) in [4.78, 5) is 34.6. The lowest BCUT2D eigenvalue weighted by Gasteiger charge is -2.40. The highest BCUT2D eigenvalue weighted by Gasteiger charge is 2.55. The summed E-state index contributed by atoms with van der Waals surface area (Å²) in [6.45, 7) is 0.453. The van der Waals surface area contributed by atoms with E-state index in [0.29, 0.717) is 29.4 Å². The quantitative estimate of drug-likeness (QED) is 0.300. The summed E-state index contributed by atoms with van der Waals surface area (Å²) in [5.41, 5.74) is 7.20. The Labute approximate surface area is 239 Å². The van der Waals surface area contributed by atoms with Crippen LogP contribution in [0.25, 0.3) is 0 Å². The van der Waals surface area contributed by atoms with Gasteiger partial charge in [0.25, 0.3) is 0 Å². The number of benzene rings is 1. The summed E-state index contributed by atoms with van der Waals surface area (Å²) in [7, 11) is 0. The first-order valence-corrected chi connectivity index (χ1v) is 13.1. The number of rotatable bonds is 9. The average molecular weight is 581 g/mol. The van der Waals surface area contributed by atoms with Crippen molar-refractivity contribution in [2.24, 2.45) is 5.92 Å². The molecule has 14 heteroatoms. The van der Waals surface area contributed by atoms with E-state index in [1.54, 1.807) is 23.1 Å². The maximum Gasteiger partial charge on any atom is 0.402 e. The van der Waals surface area contributed by atoms with Crippen LogP contribution in [0.3, 0.4) is 0 Å². The Morgan fingerprint density at radius 3 is 2.79 bits per heavy atom. The number of carbonyl (C=O) groups excluding carboxylic acids is 2. The SMILES string of the molecule is N#Cc1ccc(NCCC(=O)Nc2cncc(OCC3c4ccccc4CN3C3CNNC(=O)C3C(F)(F)F)c2)nc1. The molecule has 3 atom stereocenters. The van der Waals surface area contributed by atoms with Crippen molar-refractivity contribution >= 4 is 23.3 Å². The van der Waals surface area contributed by atoms with Gasteiger partial charge in [-0.15, -0.1) is 0 Å². The summed E-state index contributed by atoms with van der Waals surface area (Å²) in [6, 6.07) is 12.5. The Hall–Kier alpha value is -4.74. The summed E-state index contributed by atoms with van der Waals surface area (Å²) >= 11 is 0. The fourth-order valence-corrected chi connectivity index (χ4v) is 5.14. The third kappa shape index (κ3) is 6.59. The highest BCUT2D eigenvalue weighted by Crippen LogP contribution is 2.41. The van der Waals surface area contributed by atoms with Gasteiger partial charge in [-0.3, -0.25) is 24.9 Å². The van der Waals surface area contributed by atoms with E-state index in [0.717, 1.165) is 11.1 Å². The van der Waals surface area contributed by atoms with Crippen molar-refractivity contribution in [1.82, 2.24) is 25.7 Å². The maximum atomic E-state index is 13.9. The Balaban J connectivity index is 1.22. The number of hydrogen-bond donors (Lipinski definition) is 4. The van der Waals surface area contributed by atoms with Crippen LogP contribution in [0.5, 0.6) is 5.75 Å². The molecular formula is C28H27F3N8O3. The van der Waals surface area contributed by atoms with E-state index in [1.807, 2.05) is 30.3 Å². The molecule has 5 rings (SSSR count). The zero-order valence-electron chi connectivity index (χ0n) is 22.2. The molecule has 0 radical (unpaired) electrons. The Morgan fingerprint density at radius 2 is 2.02 bits per heavy atom. The molecule has 42 heavy (non-hydrogen) atoms. The number of nitrogens with one attached hydrogen (secondary N) is 4. The Morgan fingerprint density at radius 1 is 1.19 bits per heavy atom. The molecule has 1 saturated heterocycles. The first-order valence-electron chi connectivity index (χ1n) is 13.1. The number of nitrogens with zero attached hydrogens (tertiary/aromatic N) is 4. The van der Waals surface area contributed by atoms with Gasteiger partial charge < -0.3 is 15.4 Å². The van der Waals surface area contributed by atoms with E-state index in [1.165, 1.54) is 18.6 Å². The van der Waals surface area contributed by atoms with Crippen LogP contribution in [0, 0.1) is 17.2 Å². The second kappa shape index (κ2) is 12.4. The lowest BCUT2D eigenvalue weighted by molar-refractivity contribution is -0.202. The molecule has 4 N–H and O–H groups in total. The molecule has 0 saturated carbocycles. The number of alkyl halides is 3. The topological polar surface area (TPSA) is 144 Å². The van der Waals surface area contributed by atoms with Gasteiger partial charge >= 0.3 is 6.18 Å². The van der Waals surface area contributed by atoms with Crippen LogP contribution >= 0.6 is 0 Å². The number of aromatic nitrogens is 2. The van der Waals surface area contributed by atoms with Crippen LogP contribution in [-0.2, 0) is 16.1 Å².